The lowest BCUT2D eigenvalue weighted by atomic mass is 9.93. The molecule has 0 aliphatic rings. The number of carbonyl (C=O) groups excluding carboxylic acids is 3. The van der Waals surface area contributed by atoms with Crippen LogP contribution in [-0.2, 0) is 31.2 Å². The minimum atomic E-state index is -1.49. The molecule has 3 atom stereocenters. The van der Waals surface area contributed by atoms with Crippen LogP contribution in [0.2, 0.25) is 0 Å². The number of amides is 3. The number of nitrogens with one attached hydrogen (secondary N) is 3. The second-order valence-electron chi connectivity index (χ2n) is 10.1. The summed E-state index contributed by atoms with van der Waals surface area (Å²) in [5, 5.41) is 18.0. The Kier molecular flexibility index (Phi) is 13.4. The number of benzene rings is 2. The second-order valence-corrected chi connectivity index (χ2v) is 10.4. The van der Waals surface area contributed by atoms with E-state index in [-0.39, 0.29) is 38.1 Å². The Morgan fingerprint density at radius 2 is 1.75 bits per heavy atom. The Bertz CT molecular complexity index is 1130. The highest BCUT2D eigenvalue weighted by molar-refractivity contribution is 9.06. The summed E-state index contributed by atoms with van der Waals surface area (Å²) in [4.78, 5) is 36.7. The van der Waals surface area contributed by atoms with E-state index in [1.165, 1.54) is 0 Å². The number of carbonyl (C=O) groups is 3. The zero-order chi connectivity index (χ0) is 29.7. The third-order valence-electron chi connectivity index (χ3n) is 5.90. The zero-order valence-corrected chi connectivity index (χ0v) is 23.9. The van der Waals surface area contributed by atoms with Gasteiger partial charge >= 0.3 is 6.09 Å². The van der Waals surface area contributed by atoms with Crippen LogP contribution in [-0.4, -0.2) is 60.9 Å². The van der Waals surface area contributed by atoms with Crippen molar-refractivity contribution in [3.8, 4) is 0 Å². The molecular weight excluding hydrogens is 594 g/mol. The molecule has 0 heterocycles. The molecule has 10 nitrogen and oxygen atoms in total. The molecule has 220 valence electrons. The first kappa shape index (κ1) is 33.1. The molecule has 0 spiro atoms. The average molecular weight is 629 g/mol. The molecule has 2 rings (SSSR count). The van der Waals surface area contributed by atoms with E-state index in [0.717, 1.165) is 23.8 Å². The summed E-state index contributed by atoms with van der Waals surface area (Å²) in [6.07, 6.45) is -2.81. The number of hydrogen-bond donors (Lipinski definition) is 5. The number of halogens is 3. The van der Waals surface area contributed by atoms with Crippen molar-refractivity contribution >= 4 is 34.2 Å². The topological polar surface area (TPSA) is 152 Å². The van der Waals surface area contributed by atoms with Gasteiger partial charge in [-0.15, -0.1) is 0 Å². The Balaban J connectivity index is 1.81. The van der Waals surface area contributed by atoms with Gasteiger partial charge in [0, 0.05) is 25.6 Å². The van der Waals surface area contributed by atoms with Crippen molar-refractivity contribution in [2.75, 3.05) is 19.7 Å². The maximum Gasteiger partial charge on any atom is 0.419 e. The van der Waals surface area contributed by atoms with E-state index >= 15 is 0 Å². The largest absolute Gasteiger partial charge is 0.419 e. The van der Waals surface area contributed by atoms with E-state index in [9.17, 15) is 28.3 Å². The lowest BCUT2D eigenvalue weighted by molar-refractivity contribution is -0.131. The summed E-state index contributed by atoms with van der Waals surface area (Å²) >= 11 is 2.53. The van der Waals surface area contributed by atoms with Crippen molar-refractivity contribution in [3.63, 3.8) is 0 Å². The quantitative estimate of drug-likeness (QED) is 0.203. The minimum Gasteiger partial charge on any atom is -0.382 e. The predicted molar refractivity (Wildman–Crippen MR) is 147 cm³/mol. The van der Waals surface area contributed by atoms with Crippen LogP contribution < -0.4 is 21.7 Å². The smallest absolute Gasteiger partial charge is 0.382 e. The molecule has 0 aliphatic heterocycles. The van der Waals surface area contributed by atoms with Crippen molar-refractivity contribution in [1.29, 1.82) is 0 Å². The van der Waals surface area contributed by atoms with Gasteiger partial charge in [-0.05, 0) is 41.2 Å². The van der Waals surface area contributed by atoms with Gasteiger partial charge in [0.15, 0.2) is 16.3 Å². The summed E-state index contributed by atoms with van der Waals surface area (Å²) in [7, 11) is 0. The lowest BCUT2D eigenvalue weighted by Crippen LogP contribution is -2.51. The highest BCUT2D eigenvalue weighted by Gasteiger charge is 2.27. The molecule has 6 N–H and O–H groups in total. The number of aliphatic hydroxyl groups excluding tert-OH is 1. The monoisotopic (exact) mass is 628 g/mol. The Labute approximate surface area is 240 Å². The molecule has 13 heteroatoms. The van der Waals surface area contributed by atoms with Crippen LogP contribution in [0.4, 0.5) is 13.6 Å². The molecule has 0 fully saturated rings. The van der Waals surface area contributed by atoms with Crippen LogP contribution in [0, 0.1) is 17.0 Å². The SMILES string of the molecule is CC(C)(CNC(=O)CC(Cc1cc(F)ccc1F)NC(=O)OBr)CNC(=O)[C@@H](O)[C@H](N)COCc1ccccc1. The molecule has 0 aromatic heterocycles. The van der Waals surface area contributed by atoms with Crippen LogP contribution in [0.3, 0.4) is 0 Å². The molecule has 0 aliphatic carbocycles. The van der Waals surface area contributed by atoms with Gasteiger partial charge in [0.25, 0.3) is 5.91 Å². The first-order valence-electron chi connectivity index (χ1n) is 12.5. The molecular formula is C27H35BrF2N4O6. The summed E-state index contributed by atoms with van der Waals surface area (Å²) < 4.78 is 37.5. The number of rotatable bonds is 15. The highest BCUT2D eigenvalue weighted by Crippen LogP contribution is 2.15. The van der Waals surface area contributed by atoms with Gasteiger partial charge in [-0.3, -0.25) is 9.59 Å². The number of hydrogen-bond acceptors (Lipinski definition) is 7. The second kappa shape index (κ2) is 16.2. The van der Waals surface area contributed by atoms with Crippen molar-refractivity contribution in [1.82, 2.24) is 16.0 Å². The summed E-state index contributed by atoms with van der Waals surface area (Å²) in [5.41, 5.74) is 6.19. The number of aliphatic hydroxyl groups is 1. The van der Waals surface area contributed by atoms with Gasteiger partial charge in [-0.25, -0.2) is 13.6 Å². The van der Waals surface area contributed by atoms with Crippen LogP contribution in [0.15, 0.2) is 48.5 Å². The highest BCUT2D eigenvalue weighted by atomic mass is 79.9. The van der Waals surface area contributed by atoms with Gasteiger partial charge in [-0.2, -0.15) is 0 Å². The molecule has 0 saturated carbocycles. The number of nitrogens with two attached hydrogens (primary N) is 1. The summed E-state index contributed by atoms with van der Waals surface area (Å²) in [6.45, 7) is 4.05. The van der Waals surface area contributed by atoms with Crippen molar-refractivity contribution < 1.29 is 36.8 Å². The first-order valence-corrected chi connectivity index (χ1v) is 13.2. The van der Waals surface area contributed by atoms with E-state index in [2.05, 4.69) is 36.0 Å². The van der Waals surface area contributed by atoms with E-state index in [0.29, 0.717) is 6.61 Å². The normalized spacial score (nSPS) is 13.6. The molecule has 3 amide bonds. The van der Waals surface area contributed by atoms with E-state index in [1.807, 2.05) is 30.3 Å². The first-order chi connectivity index (χ1) is 18.9. The Hall–Kier alpha value is -3.13. The minimum absolute atomic E-state index is 0.0158. The maximum absolute atomic E-state index is 14.1. The molecule has 1 unspecified atom stereocenters. The van der Waals surface area contributed by atoms with E-state index in [1.54, 1.807) is 13.8 Å². The molecule has 0 bridgehead atoms. The summed E-state index contributed by atoms with van der Waals surface area (Å²) in [6, 6.07) is 10.5. The van der Waals surface area contributed by atoms with Crippen LogP contribution in [0.25, 0.3) is 0 Å². The van der Waals surface area contributed by atoms with Gasteiger partial charge < -0.3 is 35.4 Å². The van der Waals surface area contributed by atoms with Gasteiger partial charge in [0.2, 0.25) is 5.91 Å². The maximum atomic E-state index is 14.1. The van der Waals surface area contributed by atoms with Crippen molar-refractivity contribution in [2.24, 2.45) is 11.1 Å². The third-order valence-corrected chi connectivity index (χ3v) is 6.19. The standard InChI is InChI=1S/C27H35BrF2N4O6/c1-27(2,16-33-25(37)24(36)22(31)14-39-13-17-6-4-3-5-7-17)15-32-23(35)12-20(34-26(38)40-28)11-18-10-19(29)8-9-21(18)30/h3-10,20,22,24,36H,11-16,31H2,1-2H3,(H,32,35)(H,33,37)(H,34,38)/t20?,22-,24+/m1/s1. The fourth-order valence-electron chi connectivity index (χ4n) is 3.63. The average Bonchev–Trinajstić information content (AvgIpc) is 2.92. The summed E-state index contributed by atoms with van der Waals surface area (Å²) in [5.74, 6) is -2.49. The van der Waals surface area contributed by atoms with Gasteiger partial charge in [0.1, 0.15) is 17.7 Å². The molecule has 2 aromatic rings. The molecule has 0 saturated heterocycles. The Morgan fingerprint density at radius 3 is 2.42 bits per heavy atom. The van der Waals surface area contributed by atoms with Crippen molar-refractivity contribution in [3.05, 3.63) is 71.3 Å². The van der Waals surface area contributed by atoms with Crippen LogP contribution >= 0.6 is 16.3 Å². The molecule has 0 radical (unpaired) electrons. The van der Waals surface area contributed by atoms with Crippen LogP contribution in [0.5, 0.6) is 0 Å². The number of ether oxygens (including phenoxy) is 1. The lowest BCUT2D eigenvalue weighted by Gasteiger charge is -2.27. The van der Waals surface area contributed by atoms with Crippen LogP contribution in [0.1, 0.15) is 31.4 Å². The zero-order valence-electron chi connectivity index (χ0n) is 22.3. The molecule has 40 heavy (non-hydrogen) atoms. The predicted octanol–water partition coefficient (Wildman–Crippen LogP) is 2.47. The van der Waals surface area contributed by atoms with Gasteiger partial charge in [0.05, 0.1) is 19.3 Å². The Morgan fingerprint density at radius 1 is 1.07 bits per heavy atom. The van der Waals surface area contributed by atoms with Crippen molar-refractivity contribution in [2.45, 2.75) is 51.5 Å². The fraction of sp³-hybridized carbons (Fsp3) is 0.444. The van der Waals surface area contributed by atoms with E-state index in [4.69, 9.17) is 10.5 Å². The van der Waals surface area contributed by atoms with E-state index < -0.39 is 53.1 Å². The molecule has 2 aromatic carbocycles. The fourth-order valence-corrected chi connectivity index (χ4v) is 3.72. The third kappa shape index (κ3) is 11.9. The van der Waals surface area contributed by atoms with Gasteiger partial charge in [-0.1, -0.05) is 44.2 Å².